The van der Waals surface area contributed by atoms with Gasteiger partial charge in [0.1, 0.15) is 62.3 Å². The van der Waals surface area contributed by atoms with Gasteiger partial charge in [-0.2, -0.15) is 0 Å². The van der Waals surface area contributed by atoms with Crippen LogP contribution in [-0.4, -0.2) is 119 Å². The van der Waals surface area contributed by atoms with Gasteiger partial charge >= 0.3 is 11.9 Å². The molecule has 52 heavy (non-hydrogen) atoms. The number of carbonyl (C=O) groups is 2. The number of para-hydroxylation sites is 2. The molecule has 0 spiro atoms. The fourth-order valence-electron chi connectivity index (χ4n) is 5.09. The van der Waals surface area contributed by atoms with Crippen LogP contribution in [0, 0.1) is 0 Å². The van der Waals surface area contributed by atoms with E-state index in [0.717, 1.165) is 11.1 Å². The highest BCUT2D eigenvalue weighted by Crippen LogP contribution is 2.15. The molecule has 4 atom stereocenters. The summed E-state index contributed by atoms with van der Waals surface area (Å²) in [4.78, 5) is 27.4. The normalized spacial score (nSPS) is 13.5. The van der Waals surface area contributed by atoms with Gasteiger partial charge in [-0.05, 0) is 49.2 Å². The molecular formula is C40H52N2O10. The molecule has 4 N–H and O–H groups in total. The summed E-state index contributed by atoms with van der Waals surface area (Å²) in [7, 11) is 0. The van der Waals surface area contributed by atoms with Crippen LogP contribution < -0.4 is 9.47 Å². The molecule has 0 aromatic heterocycles. The molecule has 12 nitrogen and oxygen atoms in total. The monoisotopic (exact) mass is 720 g/mol. The predicted molar refractivity (Wildman–Crippen MR) is 196 cm³/mol. The fourth-order valence-corrected chi connectivity index (χ4v) is 5.09. The molecule has 0 aliphatic heterocycles. The van der Waals surface area contributed by atoms with Crippen LogP contribution in [0.4, 0.5) is 0 Å². The summed E-state index contributed by atoms with van der Waals surface area (Å²) in [6, 6.07) is 26.0. The van der Waals surface area contributed by atoms with Crippen molar-refractivity contribution in [3.05, 3.63) is 120 Å². The summed E-state index contributed by atoms with van der Waals surface area (Å²) in [6.45, 7) is 11.1. The molecule has 3 aromatic rings. The first-order valence-corrected chi connectivity index (χ1v) is 17.1. The molecule has 0 aliphatic carbocycles. The van der Waals surface area contributed by atoms with E-state index in [4.69, 9.17) is 18.9 Å². The largest absolute Gasteiger partial charge is 0.491 e. The van der Waals surface area contributed by atoms with Crippen LogP contribution in [0.3, 0.4) is 0 Å². The first kappa shape index (κ1) is 41.9. The van der Waals surface area contributed by atoms with Crippen LogP contribution in [-0.2, 0) is 32.2 Å². The third-order valence-electron chi connectivity index (χ3n) is 7.59. The van der Waals surface area contributed by atoms with Crippen LogP contribution in [0.25, 0.3) is 0 Å². The minimum Gasteiger partial charge on any atom is -0.491 e. The molecule has 3 aromatic carbocycles. The molecule has 0 radical (unpaired) electrons. The molecule has 3 rings (SSSR count). The average Bonchev–Trinajstić information content (AvgIpc) is 3.12. The van der Waals surface area contributed by atoms with Gasteiger partial charge in [-0.1, -0.05) is 73.8 Å². The lowest BCUT2D eigenvalue weighted by Crippen LogP contribution is -2.41. The number of carbonyl (C=O) groups excluding carboxylic acids is 2. The van der Waals surface area contributed by atoms with Crippen molar-refractivity contribution in [2.45, 2.75) is 51.4 Å². The smallest absolute Gasteiger partial charge is 0.333 e. The van der Waals surface area contributed by atoms with E-state index in [1.165, 1.54) is 13.8 Å². The van der Waals surface area contributed by atoms with Crippen LogP contribution in [0.15, 0.2) is 109 Å². The van der Waals surface area contributed by atoms with Gasteiger partial charge in [-0.3, -0.25) is 9.80 Å². The van der Waals surface area contributed by atoms with Gasteiger partial charge in [0.2, 0.25) is 0 Å². The zero-order chi connectivity index (χ0) is 37.9. The van der Waals surface area contributed by atoms with Crippen LogP contribution in [0.5, 0.6) is 11.5 Å². The van der Waals surface area contributed by atoms with Gasteiger partial charge in [0.25, 0.3) is 0 Å². The summed E-state index contributed by atoms with van der Waals surface area (Å²) in [5, 5.41) is 43.0. The lowest BCUT2D eigenvalue weighted by Gasteiger charge is -2.28. The van der Waals surface area contributed by atoms with Crippen molar-refractivity contribution in [2.75, 3.05) is 52.6 Å². The average molecular weight is 721 g/mol. The van der Waals surface area contributed by atoms with Gasteiger partial charge in [0.05, 0.1) is 0 Å². The van der Waals surface area contributed by atoms with E-state index >= 15 is 0 Å². The van der Waals surface area contributed by atoms with Crippen LogP contribution in [0.2, 0.25) is 0 Å². The number of aliphatic hydroxyl groups excluding tert-OH is 4. The number of ether oxygens (including phenoxy) is 4. The van der Waals surface area contributed by atoms with E-state index in [9.17, 15) is 30.0 Å². The zero-order valence-corrected chi connectivity index (χ0v) is 30.0. The van der Waals surface area contributed by atoms with Crippen LogP contribution in [0.1, 0.15) is 25.0 Å². The number of rotatable bonds is 24. The van der Waals surface area contributed by atoms with E-state index in [1.807, 2.05) is 70.5 Å². The Labute approximate surface area is 306 Å². The topological polar surface area (TPSA) is 158 Å². The lowest BCUT2D eigenvalue weighted by atomic mass is 10.1. The molecule has 0 saturated carbocycles. The first-order chi connectivity index (χ1) is 24.9. The van der Waals surface area contributed by atoms with E-state index in [-0.39, 0.29) is 63.8 Å². The van der Waals surface area contributed by atoms with Gasteiger partial charge in [0, 0.05) is 50.4 Å². The predicted octanol–water partition coefficient (Wildman–Crippen LogP) is 3.13. The fraction of sp³-hybridized carbons (Fsp3) is 0.400. The molecule has 0 fully saturated rings. The molecule has 0 saturated heterocycles. The summed E-state index contributed by atoms with van der Waals surface area (Å²) in [6.07, 6.45) is -3.79. The summed E-state index contributed by atoms with van der Waals surface area (Å²) >= 11 is 0. The number of aliphatic hydroxyl groups is 4. The number of esters is 2. The van der Waals surface area contributed by atoms with Gasteiger partial charge in [0.15, 0.2) is 0 Å². The maximum Gasteiger partial charge on any atom is 0.333 e. The van der Waals surface area contributed by atoms with E-state index in [0.29, 0.717) is 24.6 Å². The Morgan fingerprint density at radius 3 is 1.15 bits per heavy atom. The van der Waals surface area contributed by atoms with Crippen LogP contribution >= 0.6 is 0 Å². The number of hydrogen-bond acceptors (Lipinski definition) is 12. The minimum absolute atomic E-state index is 0.0382. The Morgan fingerprint density at radius 1 is 0.538 bits per heavy atom. The minimum atomic E-state index is -1.02. The maximum absolute atomic E-state index is 11.9. The van der Waals surface area contributed by atoms with Crippen molar-refractivity contribution in [1.82, 2.24) is 9.80 Å². The Kier molecular flexibility index (Phi) is 18.0. The first-order valence-electron chi connectivity index (χ1n) is 17.1. The molecule has 282 valence electrons. The summed E-state index contributed by atoms with van der Waals surface area (Å²) < 4.78 is 21.7. The van der Waals surface area contributed by atoms with E-state index in [1.54, 1.807) is 24.3 Å². The van der Waals surface area contributed by atoms with Crippen molar-refractivity contribution in [2.24, 2.45) is 0 Å². The molecule has 0 amide bonds. The molecule has 0 heterocycles. The lowest BCUT2D eigenvalue weighted by molar-refractivity contribution is -0.143. The second-order valence-electron chi connectivity index (χ2n) is 12.8. The third kappa shape index (κ3) is 16.6. The summed E-state index contributed by atoms with van der Waals surface area (Å²) in [5.74, 6) is 0.0635. The highest BCUT2D eigenvalue weighted by Gasteiger charge is 2.21. The maximum atomic E-state index is 11.9. The molecule has 0 aliphatic rings. The highest BCUT2D eigenvalue weighted by molar-refractivity contribution is 5.87. The Morgan fingerprint density at radius 2 is 0.846 bits per heavy atom. The number of hydrogen-bond donors (Lipinski definition) is 4. The zero-order valence-electron chi connectivity index (χ0n) is 30.0. The molecule has 12 heteroatoms. The second kappa shape index (κ2) is 22.4. The Balaban J connectivity index is 1.66. The SMILES string of the molecule is C=C(C)C(=O)OCC(O)CN(Cc1ccc(CN(CC(O)COC(=O)C(=C)C)CC(O)COc2ccccc2)cc1)CC(O)COc1ccccc1. The molecule has 0 bridgehead atoms. The van der Waals surface area contributed by atoms with Crippen molar-refractivity contribution in [3.63, 3.8) is 0 Å². The van der Waals surface area contributed by atoms with Crippen molar-refractivity contribution in [3.8, 4) is 11.5 Å². The quantitative estimate of drug-likeness (QED) is 0.0793. The number of nitrogens with zero attached hydrogens (tertiary/aromatic N) is 2. The number of benzene rings is 3. The van der Waals surface area contributed by atoms with Crippen molar-refractivity contribution < 1.29 is 49.0 Å². The van der Waals surface area contributed by atoms with Crippen molar-refractivity contribution >= 4 is 11.9 Å². The Bertz CT molecular complexity index is 1410. The Hall–Kier alpha value is -4.56. The molecular weight excluding hydrogens is 668 g/mol. The molecule has 4 unspecified atom stereocenters. The van der Waals surface area contributed by atoms with E-state index < -0.39 is 36.4 Å². The van der Waals surface area contributed by atoms with Gasteiger partial charge < -0.3 is 39.4 Å². The van der Waals surface area contributed by atoms with Gasteiger partial charge in [-0.15, -0.1) is 0 Å². The third-order valence-corrected chi connectivity index (χ3v) is 7.59. The van der Waals surface area contributed by atoms with Crippen molar-refractivity contribution in [1.29, 1.82) is 0 Å². The second-order valence-corrected chi connectivity index (χ2v) is 12.8. The standard InChI is InChI=1S/C40H52N2O10/c1-29(2)39(47)51-27-35(45)23-41(21-33(43)25-49-37-11-7-5-8-12-37)19-31-15-17-32(18-16-31)20-42(24-36(46)28-52-40(48)30(3)4)22-34(44)26-50-38-13-9-6-10-14-38/h5-18,33-36,43-46H,1,3,19-28H2,2,4H3. The van der Waals surface area contributed by atoms with E-state index in [2.05, 4.69) is 13.2 Å². The summed E-state index contributed by atoms with van der Waals surface area (Å²) in [5.41, 5.74) is 2.24. The highest BCUT2D eigenvalue weighted by atomic mass is 16.5. The van der Waals surface area contributed by atoms with Gasteiger partial charge in [-0.25, -0.2) is 9.59 Å².